The second-order valence-corrected chi connectivity index (χ2v) is 6.56. The fraction of sp³-hybridized carbons (Fsp3) is 0.500. The molecule has 0 fully saturated rings. The van der Waals surface area contributed by atoms with Crippen molar-refractivity contribution in [1.29, 1.82) is 0 Å². The summed E-state index contributed by atoms with van der Waals surface area (Å²) >= 11 is 0. The lowest BCUT2D eigenvalue weighted by Gasteiger charge is -2.14. The number of ether oxygens (including phenoxy) is 1. The lowest BCUT2D eigenvalue weighted by Crippen LogP contribution is -2.33. The van der Waals surface area contributed by atoms with Crippen LogP contribution in [0.15, 0.2) is 22.9 Å². The van der Waals surface area contributed by atoms with Crippen molar-refractivity contribution in [3.63, 3.8) is 0 Å². The summed E-state index contributed by atoms with van der Waals surface area (Å²) < 4.78 is 10.1. The highest BCUT2D eigenvalue weighted by Crippen LogP contribution is 2.27. The normalized spacial score (nSPS) is 12.2. The first-order chi connectivity index (χ1) is 11.9. The molecule has 136 valence electrons. The highest BCUT2D eigenvalue weighted by atomic mass is 16.5. The zero-order chi connectivity index (χ0) is 18.4. The van der Waals surface area contributed by atoms with E-state index >= 15 is 0 Å². The molecule has 0 aromatic carbocycles. The number of aromatic nitrogens is 2. The second kappa shape index (κ2) is 8.50. The van der Waals surface area contributed by atoms with Gasteiger partial charge in [0.2, 0.25) is 11.8 Å². The molecule has 0 aliphatic heterocycles. The van der Waals surface area contributed by atoms with Gasteiger partial charge in [0, 0.05) is 23.9 Å². The number of methoxy groups -OCH3 is 1. The molecule has 0 saturated heterocycles. The van der Waals surface area contributed by atoms with Gasteiger partial charge in [-0.1, -0.05) is 31.8 Å². The van der Waals surface area contributed by atoms with Gasteiger partial charge in [-0.3, -0.25) is 4.79 Å². The van der Waals surface area contributed by atoms with Gasteiger partial charge in [-0.25, -0.2) is 4.98 Å². The summed E-state index contributed by atoms with van der Waals surface area (Å²) in [6.45, 7) is 6.36. The van der Waals surface area contributed by atoms with Crippen molar-refractivity contribution in [1.82, 2.24) is 15.5 Å². The fourth-order valence-electron chi connectivity index (χ4n) is 2.56. The summed E-state index contributed by atoms with van der Waals surface area (Å²) in [4.78, 5) is 16.7. The van der Waals surface area contributed by atoms with Crippen LogP contribution in [0.1, 0.15) is 50.4 Å². The van der Waals surface area contributed by atoms with Gasteiger partial charge < -0.3 is 20.3 Å². The molecule has 2 heterocycles. The number of amides is 1. The van der Waals surface area contributed by atoms with Crippen molar-refractivity contribution >= 4 is 11.8 Å². The van der Waals surface area contributed by atoms with Crippen LogP contribution in [-0.2, 0) is 0 Å². The molecule has 2 rings (SSSR count). The molecular weight excluding hydrogens is 320 g/mol. The Labute approximate surface area is 147 Å². The Morgan fingerprint density at radius 1 is 1.32 bits per heavy atom. The van der Waals surface area contributed by atoms with Crippen LogP contribution in [0.4, 0.5) is 5.88 Å². The minimum absolute atomic E-state index is 0.00213. The van der Waals surface area contributed by atoms with Crippen molar-refractivity contribution in [2.45, 2.75) is 46.1 Å². The molecule has 0 spiro atoms. The molecule has 1 amide bonds. The Bertz CT molecular complexity index is 695. The Balaban J connectivity index is 2.10. The topological polar surface area (TPSA) is 103 Å². The lowest BCUT2D eigenvalue weighted by atomic mass is 10.0. The van der Waals surface area contributed by atoms with E-state index < -0.39 is 0 Å². The molecule has 0 aliphatic carbocycles. The van der Waals surface area contributed by atoms with Gasteiger partial charge in [-0.05, 0) is 25.3 Å². The summed E-state index contributed by atoms with van der Waals surface area (Å²) in [5.74, 6) is 0.843. The summed E-state index contributed by atoms with van der Waals surface area (Å²) in [6, 6.07) is 3.49. The van der Waals surface area contributed by atoms with Crippen LogP contribution in [-0.4, -0.2) is 29.2 Å². The van der Waals surface area contributed by atoms with Gasteiger partial charge in [0.15, 0.2) is 0 Å². The fourth-order valence-corrected chi connectivity index (χ4v) is 2.56. The monoisotopic (exact) mass is 346 g/mol. The first kappa shape index (κ1) is 18.8. The van der Waals surface area contributed by atoms with Crippen LogP contribution in [0.5, 0.6) is 5.88 Å². The molecule has 1 unspecified atom stereocenters. The Morgan fingerprint density at radius 3 is 2.68 bits per heavy atom. The number of nitrogen functional groups attached to an aromatic ring is 1. The lowest BCUT2D eigenvalue weighted by molar-refractivity contribution is 0.0939. The van der Waals surface area contributed by atoms with E-state index in [1.807, 2.05) is 6.92 Å². The maximum Gasteiger partial charge on any atom is 0.259 e. The molecular formula is C18H26N4O3. The molecule has 0 bridgehead atoms. The van der Waals surface area contributed by atoms with Crippen molar-refractivity contribution in [3.8, 4) is 17.1 Å². The van der Waals surface area contributed by atoms with Gasteiger partial charge in [0.05, 0.1) is 7.11 Å². The number of nitrogens with zero attached hydrogens (tertiary/aromatic N) is 2. The predicted molar refractivity (Wildman–Crippen MR) is 96.3 cm³/mol. The van der Waals surface area contributed by atoms with Gasteiger partial charge in [0.25, 0.3) is 5.91 Å². The molecule has 0 aliphatic rings. The number of anilines is 1. The predicted octanol–water partition coefficient (Wildman–Crippen LogP) is 3.27. The Kier molecular flexibility index (Phi) is 6.38. The van der Waals surface area contributed by atoms with Crippen LogP contribution in [0.25, 0.3) is 11.3 Å². The minimum atomic E-state index is -0.290. The van der Waals surface area contributed by atoms with Gasteiger partial charge in [-0.2, -0.15) is 0 Å². The number of carbonyl (C=O) groups is 1. The number of rotatable bonds is 8. The smallest absolute Gasteiger partial charge is 0.259 e. The SMILES string of the molecule is COc1ccc(-c2noc(N)c2C(=O)NC(C)CCCC(C)C)cn1. The van der Waals surface area contributed by atoms with E-state index in [1.165, 1.54) is 7.11 Å². The van der Waals surface area contributed by atoms with E-state index in [2.05, 4.69) is 29.3 Å². The quantitative estimate of drug-likeness (QED) is 0.760. The van der Waals surface area contributed by atoms with Crippen molar-refractivity contribution < 1.29 is 14.1 Å². The van der Waals surface area contributed by atoms with Crippen molar-refractivity contribution in [2.75, 3.05) is 12.8 Å². The number of pyridine rings is 1. The van der Waals surface area contributed by atoms with E-state index in [0.29, 0.717) is 23.1 Å². The zero-order valence-electron chi connectivity index (χ0n) is 15.2. The molecule has 2 aromatic heterocycles. The number of carbonyl (C=O) groups excluding carboxylic acids is 1. The van der Waals surface area contributed by atoms with E-state index in [1.54, 1.807) is 18.3 Å². The van der Waals surface area contributed by atoms with Crippen molar-refractivity contribution in [2.24, 2.45) is 5.92 Å². The standard InChI is InChI=1S/C18H26N4O3/c1-11(2)6-5-7-12(3)21-18(23)15-16(22-25-17(15)19)13-8-9-14(24-4)20-10-13/h8-12H,5-7,19H2,1-4H3,(H,21,23). The Hall–Kier alpha value is -2.57. The van der Waals surface area contributed by atoms with E-state index in [-0.39, 0.29) is 23.4 Å². The number of hydrogen-bond acceptors (Lipinski definition) is 6. The summed E-state index contributed by atoms with van der Waals surface area (Å²) in [5, 5.41) is 6.88. The average Bonchev–Trinajstić information content (AvgIpc) is 2.96. The number of nitrogens with one attached hydrogen (secondary N) is 1. The summed E-state index contributed by atoms with van der Waals surface area (Å²) in [5.41, 5.74) is 7.07. The number of hydrogen-bond donors (Lipinski definition) is 2. The highest BCUT2D eigenvalue weighted by Gasteiger charge is 2.23. The van der Waals surface area contributed by atoms with E-state index in [9.17, 15) is 4.79 Å². The van der Waals surface area contributed by atoms with Crippen LogP contribution in [0.2, 0.25) is 0 Å². The zero-order valence-corrected chi connectivity index (χ0v) is 15.2. The third-order valence-electron chi connectivity index (χ3n) is 3.96. The average molecular weight is 346 g/mol. The van der Waals surface area contributed by atoms with Crippen molar-refractivity contribution in [3.05, 3.63) is 23.9 Å². The minimum Gasteiger partial charge on any atom is -0.481 e. The van der Waals surface area contributed by atoms with Crippen LogP contribution >= 0.6 is 0 Å². The molecule has 0 radical (unpaired) electrons. The molecule has 7 nitrogen and oxygen atoms in total. The summed E-state index contributed by atoms with van der Waals surface area (Å²) in [7, 11) is 1.54. The maximum absolute atomic E-state index is 12.6. The third-order valence-corrected chi connectivity index (χ3v) is 3.96. The third kappa shape index (κ3) is 4.95. The van der Waals surface area contributed by atoms with Gasteiger partial charge in [0.1, 0.15) is 11.3 Å². The molecule has 0 saturated carbocycles. The van der Waals surface area contributed by atoms with Crippen LogP contribution < -0.4 is 15.8 Å². The molecule has 2 aromatic rings. The first-order valence-electron chi connectivity index (χ1n) is 8.48. The molecule has 3 N–H and O–H groups in total. The largest absolute Gasteiger partial charge is 0.481 e. The molecule has 1 atom stereocenters. The molecule has 7 heteroatoms. The van der Waals surface area contributed by atoms with Crippen LogP contribution in [0.3, 0.4) is 0 Å². The second-order valence-electron chi connectivity index (χ2n) is 6.56. The van der Waals surface area contributed by atoms with Gasteiger partial charge >= 0.3 is 0 Å². The van der Waals surface area contributed by atoms with Crippen LogP contribution in [0, 0.1) is 5.92 Å². The molecule has 25 heavy (non-hydrogen) atoms. The highest BCUT2D eigenvalue weighted by molar-refractivity contribution is 6.03. The maximum atomic E-state index is 12.6. The van der Waals surface area contributed by atoms with E-state index in [4.69, 9.17) is 15.0 Å². The van der Waals surface area contributed by atoms with E-state index in [0.717, 1.165) is 19.3 Å². The van der Waals surface area contributed by atoms with Gasteiger partial charge in [-0.15, -0.1) is 0 Å². The number of nitrogens with two attached hydrogens (primary N) is 1. The Morgan fingerprint density at radius 2 is 2.08 bits per heavy atom. The first-order valence-corrected chi connectivity index (χ1v) is 8.48. The summed E-state index contributed by atoms with van der Waals surface area (Å²) in [6.07, 6.45) is 4.68.